The lowest BCUT2D eigenvalue weighted by Gasteiger charge is -2.18. The Balaban J connectivity index is 2.06. The van der Waals surface area contributed by atoms with E-state index in [0.717, 1.165) is 26.8 Å². The van der Waals surface area contributed by atoms with Crippen LogP contribution in [0.5, 0.6) is 5.75 Å². The predicted octanol–water partition coefficient (Wildman–Crippen LogP) is 3.83. The number of ether oxygens (including phenoxy) is 1. The third-order valence-electron chi connectivity index (χ3n) is 5.88. The Hall–Kier alpha value is -4.13. The average Bonchev–Trinajstić information content (AvgIpc) is 2.78. The fraction of sp³-hybridized carbons (Fsp3) is 0.192. The van der Waals surface area contributed by atoms with Crippen molar-refractivity contribution in [3.8, 4) is 11.4 Å². The van der Waals surface area contributed by atoms with Crippen LogP contribution in [0.4, 0.5) is 0 Å². The van der Waals surface area contributed by atoms with Gasteiger partial charge in [-0.25, -0.2) is 14.2 Å². The highest BCUT2D eigenvalue weighted by Crippen LogP contribution is 2.21. The Morgan fingerprint density at radius 3 is 2.15 bits per heavy atom. The lowest BCUT2D eigenvalue weighted by Crippen LogP contribution is -2.39. The third-order valence-corrected chi connectivity index (χ3v) is 5.88. The number of aromatic carboxylic acids is 1. The number of aryl methyl sites for hydroxylation is 3. The van der Waals surface area contributed by atoms with E-state index in [4.69, 9.17) is 4.74 Å². The summed E-state index contributed by atoms with van der Waals surface area (Å²) in [6.45, 7) is 6.16. The van der Waals surface area contributed by atoms with E-state index in [-0.39, 0.29) is 23.0 Å². The maximum atomic E-state index is 13.7. The van der Waals surface area contributed by atoms with Crippen LogP contribution >= 0.6 is 0 Å². The molecule has 0 atom stereocenters. The summed E-state index contributed by atoms with van der Waals surface area (Å²) in [7, 11) is 1.54. The van der Waals surface area contributed by atoms with E-state index in [0.29, 0.717) is 11.4 Å². The highest BCUT2D eigenvalue weighted by Gasteiger charge is 2.18. The Kier molecular flexibility index (Phi) is 5.64. The molecule has 0 aliphatic rings. The molecule has 0 spiro atoms. The normalized spacial score (nSPS) is 11.0. The van der Waals surface area contributed by atoms with E-state index in [1.807, 2.05) is 32.9 Å². The largest absolute Gasteiger partial charge is 0.497 e. The molecule has 0 bridgehead atoms. The van der Waals surface area contributed by atoms with Crippen molar-refractivity contribution in [2.45, 2.75) is 27.3 Å². The van der Waals surface area contributed by atoms with Gasteiger partial charge in [0.05, 0.1) is 35.8 Å². The van der Waals surface area contributed by atoms with Gasteiger partial charge in [-0.2, -0.15) is 0 Å². The summed E-state index contributed by atoms with van der Waals surface area (Å²) >= 11 is 0. The first kappa shape index (κ1) is 22.1. The molecule has 0 saturated heterocycles. The maximum absolute atomic E-state index is 13.7. The molecule has 0 aliphatic carbocycles. The van der Waals surface area contributed by atoms with Crippen LogP contribution in [-0.2, 0) is 6.54 Å². The molecule has 7 heteroatoms. The number of aromatic nitrogens is 2. The first-order valence-electron chi connectivity index (χ1n) is 10.5. The van der Waals surface area contributed by atoms with Gasteiger partial charge in [0.25, 0.3) is 5.56 Å². The molecule has 0 amide bonds. The smallest absolute Gasteiger partial charge is 0.336 e. The summed E-state index contributed by atoms with van der Waals surface area (Å²) < 4.78 is 7.77. The molecule has 4 aromatic rings. The summed E-state index contributed by atoms with van der Waals surface area (Å²) in [6, 6.07) is 15.0. The van der Waals surface area contributed by atoms with Gasteiger partial charge in [0.1, 0.15) is 5.75 Å². The Bertz CT molecular complexity index is 1490. The minimum atomic E-state index is -1.13. The number of nitrogens with zero attached hydrogens (tertiary/aromatic N) is 2. The zero-order valence-electron chi connectivity index (χ0n) is 18.9. The second kappa shape index (κ2) is 8.43. The summed E-state index contributed by atoms with van der Waals surface area (Å²) in [5.74, 6) is -0.525. The van der Waals surface area contributed by atoms with Gasteiger partial charge in [-0.3, -0.25) is 9.36 Å². The van der Waals surface area contributed by atoms with Crippen molar-refractivity contribution >= 4 is 16.9 Å². The molecule has 0 aliphatic heterocycles. The van der Waals surface area contributed by atoms with Gasteiger partial charge >= 0.3 is 11.7 Å². The SMILES string of the molecule is COc1ccc(-n2c(=O)c3ccc(C(=O)O)cc3n(Cc3c(C)cc(C)cc3C)c2=O)cc1. The molecule has 7 nitrogen and oxygen atoms in total. The van der Waals surface area contributed by atoms with E-state index in [1.54, 1.807) is 24.3 Å². The van der Waals surface area contributed by atoms with Gasteiger partial charge in [0.15, 0.2) is 0 Å². The zero-order chi connectivity index (χ0) is 23.9. The predicted molar refractivity (Wildman–Crippen MR) is 127 cm³/mol. The van der Waals surface area contributed by atoms with Crippen LogP contribution in [0.1, 0.15) is 32.6 Å². The van der Waals surface area contributed by atoms with Gasteiger partial charge in [-0.1, -0.05) is 17.7 Å². The van der Waals surface area contributed by atoms with Gasteiger partial charge < -0.3 is 9.84 Å². The van der Waals surface area contributed by atoms with Crippen LogP contribution in [0.3, 0.4) is 0 Å². The van der Waals surface area contributed by atoms with Crippen molar-refractivity contribution in [3.63, 3.8) is 0 Å². The molecule has 3 aromatic carbocycles. The van der Waals surface area contributed by atoms with Gasteiger partial charge in [-0.05, 0) is 79.9 Å². The number of fused-ring (bicyclic) bond motifs is 1. The van der Waals surface area contributed by atoms with Crippen molar-refractivity contribution in [1.29, 1.82) is 0 Å². The molecular formula is C26H24N2O5. The molecule has 0 saturated carbocycles. The molecular weight excluding hydrogens is 420 g/mol. The van der Waals surface area contributed by atoms with Crippen LogP contribution in [0.15, 0.2) is 64.2 Å². The number of methoxy groups -OCH3 is 1. The van der Waals surface area contributed by atoms with E-state index in [1.165, 1.54) is 29.9 Å². The van der Waals surface area contributed by atoms with E-state index in [9.17, 15) is 19.5 Å². The topological polar surface area (TPSA) is 90.5 Å². The molecule has 33 heavy (non-hydrogen) atoms. The van der Waals surface area contributed by atoms with Crippen LogP contribution in [0.25, 0.3) is 16.6 Å². The molecule has 1 aromatic heterocycles. The summed E-state index contributed by atoms with van der Waals surface area (Å²) in [5, 5.41) is 9.74. The Morgan fingerprint density at radius 1 is 0.939 bits per heavy atom. The molecule has 0 radical (unpaired) electrons. The number of carboxylic acids is 1. The quantitative estimate of drug-likeness (QED) is 0.505. The number of carbonyl (C=O) groups is 1. The average molecular weight is 444 g/mol. The fourth-order valence-electron chi connectivity index (χ4n) is 4.23. The fourth-order valence-corrected chi connectivity index (χ4v) is 4.23. The van der Waals surface area contributed by atoms with Crippen molar-refractivity contribution < 1.29 is 14.6 Å². The van der Waals surface area contributed by atoms with E-state index < -0.39 is 17.2 Å². The van der Waals surface area contributed by atoms with Crippen molar-refractivity contribution in [1.82, 2.24) is 9.13 Å². The molecule has 4 rings (SSSR count). The lowest BCUT2D eigenvalue weighted by atomic mass is 9.99. The number of rotatable bonds is 5. The molecule has 168 valence electrons. The van der Waals surface area contributed by atoms with Crippen molar-refractivity contribution in [3.05, 3.63) is 103 Å². The standard InChI is InChI=1S/C26H24N2O5/c1-15-11-16(2)22(17(3)12-15)14-27-23-13-18(25(30)31)5-10-21(23)24(29)28(26(27)32)19-6-8-20(33-4)9-7-19/h5-13H,14H2,1-4H3,(H,30,31). The molecule has 1 N–H and O–H groups in total. The Labute approximate surface area is 190 Å². The maximum Gasteiger partial charge on any atom is 0.336 e. The first-order chi connectivity index (χ1) is 15.7. The van der Waals surface area contributed by atoms with E-state index >= 15 is 0 Å². The van der Waals surface area contributed by atoms with Crippen LogP contribution < -0.4 is 16.0 Å². The van der Waals surface area contributed by atoms with Crippen molar-refractivity contribution in [2.24, 2.45) is 0 Å². The zero-order valence-corrected chi connectivity index (χ0v) is 18.9. The lowest BCUT2D eigenvalue weighted by molar-refractivity contribution is 0.0697. The molecule has 0 fully saturated rings. The minimum absolute atomic E-state index is 0.00889. The molecule has 1 heterocycles. The third kappa shape index (κ3) is 3.93. The summed E-state index contributed by atoms with van der Waals surface area (Å²) in [5.41, 5.74) is 3.75. The van der Waals surface area contributed by atoms with Crippen LogP contribution in [0, 0.1) is 20.8 Å². The second-order valence-electron chi connectivity index (χ2n) is 8.12. The number of benzene rings is 3. The van der Waals surface area contributed by atoms with Crippen LogP contribution in [-0.4, -0.2) is 27.3 Å². The summed E-state index contributed by atoms with van der Waals surface area (Å²) in [4.78, 5) is 38.6. The van der Waals surface area contributed by atoms with Crippen molar-refractivity contribution in [2.75, 3.05) is 7.11 Å². The second-order valence-corrected chi connectivity index (χ2v) is 8.12. The van der Waals surface area contributed by atoms with Gasteiger partial charge in [0.2, 0.25) is 0 Å². The first-order valence-corrected chi connectivity index (χ1v) is 10.5. The van der Waals surface area contributed by atoms with Gasteiger partial charge in [0, 0.05) is 0 Å². The number of carboxylic acid groups (broad SMARTS) is 1. The molecule has 0 unspecified atom stereocenters. The highest BCUT2D eigenvalue weighted by atomic mass is 16.5. The number of hydrogen-bond acceptors (Lipinski definition) is 4. The Morgan fingerprint density at radius 2 is 1.58 bits per heavy atom. The monoisotopic (exact) mass is 444 g/mol. The van der Waals surface area contributed by atoms with Gasteiger partial charge in [-0.15, -0.1) is 0 Å². The summed E-state index contributed by atoms with van der Waals surface area (Å²) in [6.07, 6.45) is 0. The van der Waals surface area contributed by atoms with E-state index in [2.05, 4.69) is 0 Å². The minimum Gasteiger partial charge on any atom is -0.497 e. The number of hydrogen-bond donors (Lipinski definition) is 1. The highest BCUT2D eigenvalue weighted by molar-refractivity contribution is 5.93. The van der Waals surface area contributed by atoms with Crippen LogP contribution in [0.2, 0.25) is 0 Å².